The highest BCUT2D eigenvalue weighted by Gasteiger charge is 2.31. The van der Waals surface area contributed by atoms with E-state index >= 15 is 0 Å². The van der Waals surface area contributed by atoms with E-state index < -0.39 is 0 Å². The second kappa shape index (κ2) is 5.43. The third kappa shape index (κ3) is 2.72. The van der Waals surface area contributed by atoms with Crippen LogP contribution < -0.4 is 5.32 Å². The number of anilines is 1. The molecule has 0 aromatic carbocycles. The number of nitrogens with one attached hydrogen (secondary N) is 1. The molecule has 1 aliphatic rings. The fraction of sp³-hybridized carbons (Fsp3) is 0.571. The molecule has 1 fully saturated rings. The summed E-state index contributed by atoms with van der Waals surface area (Å²) in [6.45, 7) is 2.30. The van der Waals surface area contributed by atoms with Gasteiger partial charge in [0.15, 0.2) is 0 Å². The predicted octanol–water partition coefficient (Wildman–Crippen LogP) is 2.83. The normalized spacial score (nSPS) is 16.7. The molecule has 19 heavy (non-hydrogen) atoms. The molecule has 2 aromatic heterocycles. The van der Waals surface area contributed by atoms with Gasteiger partial charge in [0.2, 0.25) is 0 Å². The number of nitrogens with zero attached hydrogens (tertiary/aromatic N) is 2. The van der Waals surface area contributed by atoms with Crippen LogP contribution in [0.1, 0.15) is 32.0 Å². The highest BCUT2D eigenvalue weighted by molar-refractivity contribution is 7.16. The minimum Gasteiger partial charge on any atom is -0.396 e. The van der Waals surface area contributed by atoms with Crippen molar-refractivity contribution in [3.63, 3.8) is 0 Å². The number of hydrogen-bond donors (Lipinski definition) is 2. The summed E-state index contributed by atoms with van der Waals surface area (Å²) >= 11 is 1.65. The fourth-order valence-corrected chi connectivity index (χ4v) is 3.19. The van der Waals surface area contributed by atoms with Gasteiger partial charge in [-0.1, -0.05) is 6.92 Å². The maximum Gasteiger partial charge on any atom is 0.138 e. The van der Waals surface area contributed by atoms with E-state index in [-0.39, 0.29) is 6.61 Å². The Kier molecular flexibility index (Phi) is 3.66. The van der Waals surface area contributed by atoms with Crippen LogP contribution in [0, 0.1) is 5.92 Å². The Bertz CT molecular complexity index is 565. The second-order valence-corrected chi connectivity index (χ2v) is 5.98. The molecule has 5 heteroatoms. The van der Waals surface area contributed by atoms with Crippen molar-refractivity contribution in [3.05, 3.63) is 17.3 Å². The highest BCUT2D eigenvalue weighted by atomic mass is 32.1. The Morgan fingerprint density at radius 1 is 1.47 bits per heavy atom. The summed E-state index contributed by atoms with van der Waals surface area (Å²) in [6, 6.07) is 2.41. The van der Waals surface area contributed by atoms with Gasteiger partial charge in [-0.15, -0.1) is 11.3 Å². The number of aliphatic hydroxyl groups excluding tert-OH is 1. The van der Waals surface area contributed by atoms with Crippen LogP contribution in [-0.4, -0.2) is 27.7 Å². The predicted molar refractivity (Wildman–Crippen MR) is 78.6 cm³/mol. The average molecular weight is 277 g/mol. The number of aliphatic hydroxyl groups is 1. The zero-order valence-electron chi connectivity index (χ0n) is 11.1. The first kappa shape index (κ1) is 12.8. The molecule has 2 heterocycles. The van der Waals surface area contributed by atoms with Crippen LogP contribution >= 0.6 is 11.3 Å². The summed E-state index contributed by atoms with van der Waals surface area (Å²) < 4.78 is 0. The van der Waals surface area contributed by atoms with Crippen molar-refractivity contribution in [1.29, 1.82) is 0 Å². The third-order valence-corrected chi connectivity index (χ3v) is 4.45. The molecule has 2 aromatic rings. The molecule has 3 rings (SSSR count). The SMILES string of the molecule is CCc1nc(NC(CCO)C2CC2)c2ccsc2n1. The van der Waals surface area contributed by atoms with Crippen LogP contribution in [0.15, 0.2) is 11.4 Å². The topological polar surface area (TPSA) is 58.0 Å². The van der Waals surface area contributed by atoms with Gasteiger partial charge in [0, 0.05) is 19.1 Å². The van der Waals surface area contributed by atoms with Crippen molar-refractivity contribution in [1.82, 2.24) is 9.97 Å². The van der Waals surface area contributed by atoms with Gasteiger partial charge in [0.25, 0.3) is 0 Å². The molecule has 0 radical (unpaired) electrons. The second-order valence-electron chi connectivity index (χ2n) is 5.08. The molecular formula is C14H19N3OS. The smallest absolute Gasteiger partial charge is 0.138 e. The van der Waals surface area contributed by atoms with E-state index in [4.69, 9.17) is 0 Å². The van der Waals surface area contributed by atoms with Crippen LogP contribution in [0.5, 0.6) is 0 Å². The number of rotatable bonds is 6. The number of aromatic nitrogens is 2. The van der Waals surface area contributed by atoms with Gasteiger partial charge in [-0.3, -0.25) is 0 Å². The van der Waals surface area contributed by atoms with Crippen LogP contribution in [0.3, 0.4) is 0 Å². The summed E-state index contributed by atoms with van der Waals surface area (Å²) in [7, 11) is 0. The Morgan fingerprint density at radius 3 is 3.00 bits per heavy atom. The molecule has 1 atom stereocenters. The van der Waals surface area contributed by atoms with Crippen molar-refractivity contribution >= 4 is 27.4 Å². The van der Waals surface area contributed by atoms with E-state index in [1.54, 1.807) is 11.3 Å². The van der Waals surface area contributed by atoms with Crippen LogP contribution in [0.25, 0.3) is 10.2 Å². The lowest BCUT2D eigenvalue weighted by Crippen LogP contribution is -2.24. The van der Waals surface area contributed by atoms with E-state index in [9.17, 15) is 5.11 Å². The first-order valence-electron chi connectivity index (χ1n) is 6.93. The van der Waals surface area contributed by atoms with Gasteiger partial charge in [0.1, 0.15) is 16.5 Å². The monoisotopic (exact) mass is 277 g/mol. The minimum absolute atomic E-state index is 0.229. The van der Waals surface area contributed by atoms with Crippen molar-refractivity contribution in [2.24, 2.45) is 5.92 Å². The maximum atomic E-state index is 9.19. The molecule has 0 saturated heterocycles. The molecule has 0 spiro atoms. The number of aryl methyl sites for hydroxylation is 1. The first-order valence-corrected chi connectivity index (χ1v) is 7.81. The number of hydrogen-bond acceptors (Lipinski definition) is 5. The molecule has 1 saturated carbocycles. The quantitative estimate of drug-likeness (QED) is 0.852. The molecular weight excluding hydrogens is 258 g/mol. The summed E-state index contributed by atoms with van der Waals surface area (Å²) in [5.74, 6) is 2.52. The van der Waals surface area contributed by atoms with Gasteiger partial charge >= 0.3 is 0 Å². The molecule has 0 bridgehead atoms. The molecule has 1 unspecified atom stereocenters. The fourth-order valence-electron chi connectivity index (χ4n) is 2.41. The van der Waals surface area contributed by atoms with Crippen LogP contribution in [0.2, 0.25) is 0 Å². The molecule has 4 nitrogen and oxygen atoms in total. The Morgan fingerprint density at radius 2 is 2.32 bits per heavy atom. The summed E-state index contributed by atoms with van der Waals surface area (Å²) in [5, 5.41) is 15.9. The number of thiophene rings is 1. The van der Waals surface area contributed by atoms with E-state index in [1.165, 1.54) is 12.8 Å². The maximum absolute atomic E-state index is 9.19. The lowest BCUT2D eigenvalue weighted by molar-refractivity contribution is 0.274. The van der Waals surface area contributed by atoms with Gasteiger partial charge in [-0.05, 0) is 36.6 Å². The summed E-state index contributed by atoms with van der Waals surface area (Å²) in [5.41, 5.74) is 0. The molecule has 0 aliphatic heterocycles. The van der Waals surface area contributed by atoms with Crippen LogP contribution in [0.4, 0.5) is 5.82 Å². The zero-order chi connectivity index (χ0) is 13.2. The first-order chi connectivity index (χ1) is 9.31. The van der Waals surface area contributed by atoms with Crippen molar-refractivity contribution < 1.29 is 5.11 Å². The van der Waals surface area contributed by atoms with Gasteiger partial charge in [-0.25, -0.2) is 9.97 Å². The van der Waals surface area contributed by atoms with Crippen molar-refractivity contribution in [2.45, 2.75) is 38.6 Å². The Hall–Kier alpha value is -1.20. The lowest BCUT2D eigenvalue weighted by atomic mass is 10.1. The van der Waals surface area contributed by atoms with Crippen LogP contribution in [-0.2, 0) is 6.42 Å². The van der Waals surface area contributed by atoms with Crippen molar-refractivity contribution in [3.8, 4) is 0 Å². The molecule has 2 N–H and O–H groups in total. The standard InChI is InChI=1S/C14H19N3OS/c1-2-12-16-13(10-6-8-19-14(10)17-12)15-11(5-7-18)9-3-4-9/h6,8-9,11,18H,2-5,7H2,1H3,(H,15,16,17). The van der Waals surface area contributed by atoms with Crippen molar-refractivity contribution in [2.75, 3.05) is 11.9 Å². The number of fused-ring (bicyclic) bond motifs is 1. The molecule has 1 aliphatic carbocycles. The van der Waals surface area contributed by atoms with Gasteiger partial charge in [0.05, 0.1) is 5.39 Å². The third-order valence-electron chi connectivity index (χ3n) is 3.64. The van der Waals surface area contributed by atoms with E-state index in [2.05, 4.69) is 33.7 Å². The summed E-state index contributed by atoms with van der Waals surface area (Å²) in [6.07, 6.45) is 4.16. The Balaban J connectivity index is 1.91. The largest absolute Gasteiger partial charge is 0.396 e. The molecule has 0 amide bonds. The van der Waals surface area contributed by atoms with E-state index in [0.29, 0.717) is 12.0 Å². The highest BCUT2D eigenvalue weighted by Crippen LogP contribution is 2.36. The zero-order valence-corrected chi connectivity index (χ0v) is 11.9. The Labute approximate surface area is 116 Å². The average Bonchev–Trinajstić information content (AvgIpc) is 3.16. The van der Waals surface area contributed by atoms with Gasteiger partial charge < -0.3 is 10.4 Å². The summed E-state index contributed by atoms with van der Waals surface area (Å²) in [4.78, 5) is 10.2. The van der Waals surface area contributed by atoms with E-state index in [0.717, 1.165) is 34.7 Å². The molecule has 102 valence electrons. The van der Waals surface area contributed by atoms with E-state index in [1.807, 2.05) is 0 Å². The van der Waals surface area contributed by atoms with Gasteiger partial charge in [-0.2, -0.15) is 0 Å². The minimum atomic E-state index is 0.229. The lowest BCUT2D eigenvalue weighted by Gasteiger charge is -2.18.